The highest BCUT2D eigenvalue weighted by Gasteiger charge is 2.28. The third-order valence-corrected chi connectivity index (χ3v) is 3.80. The van der Waals surface area contributed by atoms with Gasteiger partial charge in [0.05, 0.1) is 11.6 Å². The lowest BCUT2D eigenvalue weighted by molar-refractivity contribution is -0.138. The number of imide groups is 1. The van der Waals surface area contributed by atoms with E-state index in [9.17, 15) is 14.4 Å². The van der Waals surface area contributed by atoms with Crippen molar-refractivity contribution in [2.45, 2.75) is 33.1 Å². The number of nitrogens with one attached hydrogen (secondary N) is 1. The largest absolute Gasteiger partial charge is 0.492 e. The lowest BCUT2D eigenvalue weighted by Gasteiger charge is -2.14. The van der Waals surface area contributed by atoms with E-state index in [0.29, 0.717) is 29.0 Å². The molecule has 6 nitrogen and oxygen atoms in total. The molecule has 7 heteroatoms. The Morgan fingerprint density at radius 2 is 1.96 bits per heavy atom. The minimum absolute atomic E-state index is 0.0562. The number of anilines is 1. The highest BCUT2D eigenvalue weighted by molar-refractivity contribution is 6.32. The Morgan fingerprint density at radius 3 is 2.54 bits per heavy atom. The first-order valence-corrected chi connectivity index (χ1v) is 8.30. The highest BCUT2D eigenvalue weighted by atomic mass is 35.5. The number of carbonyl (C=O) groups excluding carboxylic acids is 3. The van der Waals surface area contributed by atoms with Crippen LogP contribution in [0.15, 0.2) is 18.2 Å². The van der Waals surface area contributed by atoms with E-state index in [1.807, 2.05) is 13.8 Å². The standard InChI is InChI=1S/C17H21ClN2O4/c1-11(2)10-24-14-4-3-12(9-13(14)18)19-15(21)7-8-20-16(22)5-6-17(20)23/h3-4,9,11H,5-8,10H2,1-2H3,(H,19,21). The number of nitrogens with zero attached hydrogens (tertiary/aromatic N) is 1. The molecule has 0 unspecified atom stereocenters. The predicted molar refractivity (Wildman–Crippen MR) is 91.0 cm³/mol. The van der Waals surface area contributed by atoms with Crippen molar-refractivity contribution in [3.05, 3.63) is 23.2 Å². The maximum atomic E-state index is 12.0. The Balaban J connectivity index is 1.86. The van der Waals surface area contributed by atoms with Gasteiger partial charge in [-0.05, 0) is 24.1 Å². The van der Waals surface area contributed by atoms with Gasteiger partial charge in [0.25, 0.3) is 0 Å². The van der Waals surface area contributed by atoms with E-state index < -0.39 is 0 Å². The Kier molecular flexibility index (Phi) is 6.20. The van der Waals surface area contributed by atoms with Gasteiger partial charge in [-0.25, -0.2) is 0 Å². The Hall–Kier alpha value is -2.08. The summed E-state index contributed by atoms with van der Waals surface area (Å²) in [4.78, 5) is 36.1. The average molecular weight is 353 g/mol. The quantitative estimate of drug-likeness (QED) is 0.765. The number of benzene rings is 1. The number of hydrogen-bond donors (Lipinski definition) is 1. The van der Waals surface area contributed by atoms with Crippen LogP contribution in [0.25, 0.3) is 0 Å². The molecule has 1 aliphatic rings. The molecule has 2 rings (SSSR count). The monoisotopic (exact) mass is 352 g/mol. The molecule has 1 aromatic carbocycles. The molecule has 1 aliphatic heterocycles. The van der Waals surface area contributed by atoms with E-state index in [2.05, 4.69) is 5.32 Å². The average Bonchev–Trinajstić information content (AvgIpc) is 2.83. The normalized spacial score (nSPS) is 14.4. The zero-order chi connectivity index (χ0) is 17.7. The van der Waals surface area contributed by atoms with E-state index in [0.717, 1.165) is 4.90 Å². The van der Waals surface area contributed by atoms with Gasteiger partial charge in [-0.3, -0.25) is 19.3 Å². The van der Waals surface area contributed by atoms with E-state index >= 15 is 0 Å². The van der Waals surface area contributed by atoms with Crippen LogP contribution < -0.4 is 10.1 Å². The topological polar surface area (TPSA) is 75.7 Å². The summed E-state index contributed by atoms with van der Waals surface area (Å²) in [5.41, 5.74) is 0.543. The Labute approximate surface area is 146 Å². The molecular formula is C17H21ClN2O4. The number of rotatable bonds is 7. The van der Waals surface area contributed by atoms with Crippen molar-refractivity contribution < 1.29 is 19.1 Å². The van der Waals surface area contributed by atoms with Crippen LogP contribution in [0.2, 0.25) is 5.02 Å². The summed E-state index contributed by atoms with van der Waals surface area (Å²) in [5, 5.41) is 3.12. The molecule has 1 fully saturated rings. The summed E-state index contributed by atoms with van der Waals surface area (Å²) in [6.07, 6.45) is 0.516. The summed E-state index contributed by atoms with van der Waals surface area (Å²) in [6.45, 7) is 4.74. The lowest BCUT2D eigenvalue weighted by atomic mass is 10.2. The van der Waals surface area contributed by atoms with Crippen LogP contribution in [0.5, 0.6) is 5.75 Å². The van der Waals surface area contributed by atoms with Gasteiger partial charge in [0.15, 0.2) is 0 Å². The molecule has 0 aromatic heterocycles. The number of hydrogen-bond acceptors (Lipinski definition) is 4. The molecular weight excluding hydrogens is 332 g/mol. The Bertz CT molecular complexity index is 629. The molecule has 130 valence electrons. The third-order valence-electron chi connectivity index (χ3n) is 3.51. The number of carbonyl (C=O) groups is 3. The van der Waals surface area contributed by atoms with Gasteiger partial charge in [-0.2, -0.15) is 0 Å². The van der Waals surface area contributed by atoms with Crippen molar-refractivity contribution in [3.63, 3.8) is 0 Å². The van der Waals surface area contributed by atoms with Gasteiger partial charge >= 0.3 is 0 Å². The van der Waals surface area contributed by atoms with Crippen LogP contribution in [-0.4, -0.2) is 35.8 Å². The first kappa shape index (κ1) is 18.3. The fourth-order valence-corrected chi connectivity index (χ4v) is 2.50. The molecule has 0 bridgehead atoms. The SMILES string of the molecule is CC(C)COc1ccc(NC(=O)CCN2C(=O)CCC2=O)cc1Cl. The number of likely N-dealkylation sites (tertiary alicyclic amines) is 1. The van der Waals surface area contributed by atoms with Gasteiger partial charge < -0.3 is 10.1 Å². The molecule has 0 saturated carbocycles. The lowest BCUT2D eigenvalue weighted by Crippen LogP contribution is -2.32. The van der Waals surface area contributed by atoms with Crippen molar-refractivity contribution in [1.82, 2.24) is 4.90 Å². The molecule has 1 aromatic rings. The molecule has 24 heavy (non-hydrogen) atoms. The Morgan fingerprint density at radius 1 is 1.29 bits per heavy atom. The van der Waals surface area contributed by atoms with Gasteiger partial charge in [0.1, 0.15) is 5.75 Å². The summed E-state index contributed by atoms with van der Waals surface area (Å²) < 4.78 is 5.57. The molecule has 0 atom stereocenters. The second-order valence-electron chi connectivity index (χ2n) is 6.09. The first-order chi connectivity index (χ1) is 11.4. The zero-order valence-electron chi connectivity index (χ0n) is 13.8. The van der Waals surface area contributed by atoms with E-state index in [-0.39, 0.29) is 43.5 Å². The molecule has 0 aliphatic carbocycles. The molecule has 1 N–H and O–H groups in total. The molecule has 0 spiro atoms. The van der Waals surface area contributed by atoms with Crippen LogP contribution in [-0.2, 0) is 14.4 Å². The molecule has 1 heterocycles. The van der Waals surface area contributed by atoms with Gasteiger partial charge in [-0.15, -0.1) is 0 Å². The van der Waals surface area contributed by atoms with Crippen molar-refractivity contribution in [1.29, 1.82) is 0 Å². The molecule has 0 radical (unpaired) electrons. The minimum Gasteiger partial charge on any atom is -0.492 e. The van der Waals surface area contributed by atoms with Crippen molar-refractivity contribution in [3.8, 4) is 5.75 Å². The van der Waals surface area contributed by atoms with Gasteiger partial charge in [-0.1, -0.05) is 25.4 Å². The van der Waals surface area contributed by atoms with Gasteiger partial charge in [0, 0.05) is 31.5 Å². The van der Waals surface area contributed by atoms with Crippen LogP contribution in [0, 0.1) is 5.92 Å². The summed E-state index contributed by atoms with van der Waals surface area (Å²) in [7, 11) is 0. The second-order valence-corrected chi connectivity index (χ2v) is 6.49. The second kappa shape index (κ2) is 8.15. The van der Waals surface area contributed by atoms with Crippen LogP contribution in [0.3, 0.4) is 0 Å². The van der Waals surface area contributed by atoms with Crippen LogP contribution in [0.1, 0.15) is 33.1 Å². The summed E-state index contributed by atoms with van der Waals surface area (Å²) in [6, 6.07) is 5.01. The minimum atomic E-state index is -0.283. The number of halogens is 1. The fourth-order valence-electron chi connectivity index (χ4n) is 2.26. The van der Waals surface area contributed by atoms with Crippen LogP contribution in [0.4, 0.5) is 5.69 Å². The molecule has 1 saturated heterocycles. The van der Waals surface area contributed by atoms with E-state index in [1.165, 1.54) is 0 Å². The van der Waals surface area contributed by atoms with Crippen molar-refractivity contribution in [2.75, 3.05) is 18.5 Å². The first-order valence-electron chi connectivity index (χ1n) is 7.92. The predicted octanol–water partition coefficient (Wildman–Crippen LogP) is 2.85. The van der Waals surface area contributed by atoms with Crippen molar-refractivity contribution in [2.24, 2.45) is 5.92 Å². The number of amides is 3. The van der Waals surface area contributed by atoms with Gasteiger partial charge in [0.2, 0.25) is 17.7 Å². The van der Waals surface area contributed by atoms with Crippen molar-refractivity contribution >= 4 is 35.0 Å². The summed E-state index contributed by atoms with van der Waals surface area (Å²) >= 11 is 6.14. The smallest absolute Gasteiger partial charge is 0.229 e. The fraction of sp³-hybridized carbons (Fsp3) is 0.471. The van der Waals surface area contributed by atoms with E-state index in [1.54, 1.807) is 18.2 Å². The highest BCUT2D eigenvalue weighted by Crippen LogP contribution is 2.28. The van der Waals surface area contributed by atoms with E-state index in [4.69, 9.17) is 16.3 Å². The number of ether oxygens (including phenoxy) is 1. The third kappa shape index (κ3) is 4.96. The maximum Gasteiger partial charge on any atom is 0.229 e. The summed E-state index contributed by atoms with van der Waals surface area (Å²) in [5.74, 6) is 0.229. The maximum absolute atomic E-state index is 12.0. The molecule has 3 amide bonds. The van der Waals surface area contributed by atoms with Crippen LogP contribution >= 0.6 is 11.6 Å². The zero-order valence-corrected chi connectivity index (χ0v) is 14.6.